The van der Waals surface area contributed by atoms with Crippen LogP contribution >= 0.6 is 0 Å². The van der Waals surface area contributed by atoms with Gasteiger partial charge >= 0.3 is 6.09 Å². The highest BCUT2D eigenvalue weighted by atomic mass is 16.6. The van der Waals surface area contributed by atoms with E-state index in [2.05, 4.69) is 5.10 Å². The minimum Gasteiger partial charge on any atom is -0.444 e. The zero-order chi connectivity index (χ0) is 15.6. The number of likely N-dealkylation sites (tertiary alicyclic amines) is 1. The Hall–Kier alpha value is -1.85. The Balaban J connectivity index is 1.95. The summed E-state index contributed by atoms with van der Waals surface area (Å²) in [6, 6.07) is 0.234. The van der Waals surface area contributed by atoms with E-state index in [0.717, 1.165) is 24.8 Å². The van der Waals surface area contributed by atoms with Crippen LogP contribution in [-0.4, -0.2) is 45.8 Å². The van der Waals surface area contributed by atoms with Gasteiger partial charge in [0.2, 0.25) is 0 Å². The van der Waals surface area contributed by atoms with Crippen molar-refractivity contribution in [3.05, 3.63) is 17.5 Å². The molecule has 0 aromatic carbocycles. The van der Waals surface area contributed by atoms with Gasteiger partial charge in [-0.1, -0.05) is 0 Å². The van der Waals surface area contributed by atoms with E-state index < -0.39 is 5.60 Å². The fourth-order valence-corrected chi connectivity index (χ4v) is 2.54. The number of hydrogen-bond donors (Lipinski definition) is 0. The summed E-state index contributed by atoms with van der Waals surface area (Å²) >= 11 is 0. The molecule has 1 aliphatic rings. The van der Waals surface area contributed by atoms with Gasteiger partial charge in [-0.3, -0.25) is 9.48 Å². The number of nitrogens with zero attached hydrogens (tertiary/aromatic N) is 3. The molecule has 0 atom stereocenters. The number of aromatic nitrogens is 2. The topological polar surface area (TPSA) is 64.4 Å². The van der Waals surface area contributed by atoms with Crippen molar-refractivity contribution in [2.45, 2.75) is 52.2 Å². The zero-order valence-corrected chi connectivity index (χ0v) is 13.1. The Morgan fingerprint density at radius 1 is 1.38 bits per heavy atom. The van der Waals surface area contributed by atoms with E-state index in [1.807, 2.05) is 32.4 Å². The van der Waals surface area contributed by atoms with Crippen molar-refractivity contribution in [1.82, 2.24) is 14.7 Å². The quantitative estimate of drug-likeness (QED) is 0.786. The van der Waals surface area contributed by atoms with E-state index in [4.69, 9.17) is 4.74 Å². The molecule has 2 rings (SSSR count). The molecule has 0 unspecified atom stereocenters. The van der Waals surface area contributed by atoms with Gasteiger partial charge in [-0.2, -0.15) is 5.10 Å². The van der Waals surface area contributed by atoms with Gasteiger partial charge in [0.1, 0.15) is 5.60 Å². The van der Waals surface area contributed by atoms with Crippen molar-refractivity contribution < 1.29 is 14.3 Å². The van der Waals surface area contributed by atoms with Gasteiger partial charge in [-0.25, -0.2) is 4.79 Å². The minimum atomic E-state index is -0.467. The van der Waals surface area contributed by atoms with Crippen LogP contribution in [0.4, 0.5) is 4.79 Å². The van der Waals surface area contributed by atoms with Crippen molar-refractivity contribution in [3.63, 3.8) is 0 Å². The summed E-state index contributed by atoms with van der Waals surface area (Å²) in [5.74, 6) is 0. The third-order valence-electron chi connectivity index (χ3n) is 3.67. The first-order chi connectivity index (χ1) is 9.81. The minimum absolute atomic E-state index is 0.234. The number of aldehydes is 1. The average Bonchev–Trinajstić information content (AvgIpc) is 2.78. The molecule has 1 aromatic heterocycles. The first-order valence-corrected chi connectivity index (χ1v) is 7.29. The molecule has 1 aliphatic heterocycles. The smallest absolute Gasteiger partial charge is 0.410 e. The van der Waals surface area contributed by atoms with Crippen LogP contribution in [0.1, 0.15) is 55.7 Å². The maximum absolute atomic E-state index is 12.0. The molecule has 1 aromatic rings. The molecular weight excluding hydrogens is 270 g/mol. The molecule has 0 aliphatic carbocycles. The Labute approximate surface area is 125 Å². The molecule has 116 valence electrons. The van der Waals surface area contributed by atoms with Crippen LogP contribution in [0.2, 0.25) is 0 Å². The standard InChI is InChI=1S/C15H23N3O3/c1-11-12(10-19)9-16-18(11)13-5-7-17(8-6-13)14(20)21-15(2,3)4/h9-10,13H,5-8H2,1-4H3. The number of rotatable bonds is 2. The maximum Gasteiger partial charge on any atom is 0.410 e. The van der Waals surface area contributed by atoms with Gasteiger partial charge in [0.15, 0.2) is 6.29 Å². The van der Waals surface area contributed by atoms with Crippen LogP contribution in [0.3, 0.4) is 0 Å². The molecular formula is C15H23N3O3. The van der Waals surface area contributed by atoms with E-state index in [9.17, 15) is 9.59 Å². The van der Waals surface area contributed by atoms with E-state index in [0.29, 0.717) is 18.7 Å². The lowest BCUT2D eigenvalue weighted by molar-refractivity contribution is 0.0184. The lowest BCUT2D eigenvalue weighted by Gasteiger charge is -2.33. The highest BCUT2D eigenvalue weighted by Gasteiger charge is 2.28. The van der Waals surface area contributed by atoms with Crippen molar-refractivity contribution in [2.24, 2.45) is 0 Å². The summed E-state index contributed by atoms with van der Waals surface area (Å²) in [4.78, 5) is 24.6. The maximum atomic E-state index is 12.0. The van der Waals surface area contributed by atoms with Crippen LogP contribution in [-0.2, 0) is 4.74 Å². The monoisotopic (exact) mass is 293 g/mol. The predicted molar refractivity (Wildman–Crippen MR) is 78.4 cm³/mol. The second-order valence-corrected chi connectivity index (χ2v) is 6.45. The van der Waals surface area contributed by atoms with Crippen LogP contribution in [0, 0.1) is 6.92 Å². The van der Waals surface area contributed by atoms with Gasteiger partial charge in [0.25, 0.3) is 0 Å². The van der Waals surface area contributed by atoms with E-state index in [-0.39, 0.29) is 12.1 Å². The molecule has 0 radical (unpaired) electrons. The van der Waals surface area contributed by atoms with Crippen LogP contribution in [0.15, 0.2) is 6.20 Å². The summed E-state index contributed by atoms with van der Waals surface area (Å²) in [6.07, 6.45) is 3.81. The van der Waals surface area contributed by atoms with E-state index in [1.165, 1.54) is 0 Å². The Kier molecular flexibility index (Phi) is 4.34. The van der Waals surface area contributed by atoms with Gasteiger partial charge in [-0.05, 0) is 40.5 Å². The summed E-state index contributed by atoms with van der Waals surface area (Å²) < 4.78 is 7.28. The SMILES string of the molecule is Cc1c(C=O)cnn1C1CCN(C(=O)OC(C)(C)C)CC1. The van der Waals surface area contributed by atoms with Crippen LogP contribution < -0.4 is 0 Å². The summed E-state index contributed by atoms with van der Waals surface area (Å²) in [5.41, 5.74) is 1.05. The Morgan fingerprint density at radius 3 is 2.48 bits per heavy atom. The number of piperidine rings is 1. The summed E-state index contributed by atoms with van der Waals surface area (Å²) in [7, 11) is 0. The average molecular weight is 293 g/mol. The normalized spacial score (nSPS) is 16.9. The van der Waals surface area contributed by atoms with Crippen LogP contribution in [0.5, 0.6) is 0 Å². The van der Waals surface area contributed by atoms with Crippen molar-refractivity contribution in [3.8, 4) is 0 Å². The van der Waals surface area contributed by atoms with Gasteiger partial charge < -0.3 is 9.64 Å². The number of ether oxygens (including phenoxy) is 1. The molecule has 0 spiro atoms. The van der Waals surface area contributed by atoms with Crippen LogP contribution in [0.25, 0.3) is 0 Å². The first-order valence-electron chi connectivity index (χ1n) is 7.29. The summed E-state index contributed by atoms with van der Waals surface area (Å²) in [6.45, 7) is 8.80. The lowest BCUT2D eigenvalue weighted by atomic mass is 10.1. The largest absolute Gasteiger partial charge is 0.444 e. The van der Waals surface area contributed by atoms with Gasteiger partial charge in [-0.15, -0.1) is 0 Å². The van der Waals surface area contributed by atoms with Crippen molar-refractivity contribution in [2.75, 3.05) is 13.1 Å². The van der Waals surface area contributed by atoms with Crippen molar-refractivity contribution >= 4 is 12.4 Å². The highest BCUT2D eigenvalue weighted by Crippen LogP contribution is 2.25. The molecule has 1 saturated heterocycles. The Bertz CT molecular complexity index is 523. The lowest BCUT2D eigenvalue weighted by Crippen LogP contribution is -2.42. The zero-order valence-electron chi connectivity index (χ0n) is 13.1. The molecule has 2 heterocycles. The number of hydrogen-bond acceptors (Lipinski definition) is 4. The third-order valence-corrected chi connectivity index (χ3v) is 3.67. The molecule has 1 amide bonds. The number of carbonyl (C=O) groups is 2. The molecule has 21 heavy (non-hydrogen) atoms. The second-order valence-electron chi connectivity index (χ2n) is 6.45. The van der Waals surface area contributed by atoms with E-state index in [1.54, 1.807) is 11.1 Å². The molecule has 6 heteroatoms. The first kappa shape index (κ1) is 15.5. The second kappa shape index (κ2) is 5.87. The highest BCUT2D eigenvalue weighted by molar-refractivity contribution is 5.75. The summed E-state index contributed by atoms with van der Waals surface area (Å²) in [5, 5.41) is 4.29. The predicted octanol–water partition coefficient (Wildman–Crippen LogP) is 2.58. The number of amides is 1. The molecule has 0 saturated carbocycles. The molecule has 6 nitrogen and oxygen atoms in total. The third kappa shape index (κ3) is 3.62. The van der Waals surface area contributed by atoms with Gasteiger partial charge in [0, 0.05) is 18.8 Å². The fourth-order valence-electron chi connectivity index (χ4n) is 2.54. The van der Waals surface area contributed by atoms with E-state index >= 15 is 0 Å². The Morgan fingerprint density at radius 2 is 2.00 bits per heavy atom. The molecule has 0 bridgehead atoms. The molecule has 1 fully saturated rings. The molecule has 0 N–H and O–H groups in total. The number of carbonyl (C=O) groups excluding carboxylic acids is 2. The van der Waals surface area contributed by atoms with Gasteiger partial charge in [0.05, 0.1) is 17.8 Å². The van der Waals surface area contributed by atoms with Crippen molar-refractivity contribution in [1.29, 1.82) is 0 Å². The fraction of sp³-hybridized carbons (Fsp3) is 0.667.